The molecular formula is C13H17N3S. The largest absolute Gasteiger partial charge is 0.397 e. The molecular weight excluding hydrogens is 230 g/mol. The van der Waals surface area contributed by atoms with Gasteiger partial charge in [0.2, 0.25) is 0 Å². The van der Waals surface area contributed by atoms with Gasteiger partial charge in [0.25, 0.3) is 0 Å². The SMILES string of the molecule is CCC(Nc1cc(C)c(N)cn1)c1cccs1. The van der Waals surface area contributed by atoms with Crippen LogP contribution in [0.4, 0.5) is 11.5 Å². The predicted molar refractivity (Wildman–Crippen MR) is 74.4 cm³/mol. The summed E-state index contributed by atoms with van der Waals surface area (Å²) in [5.41, 5.74) is 7.55. The average molecular weight is 247 g/mol. The zero-order valence-corrected chi connectivity index (χ0v) is 10.9. The summed E-state index contributed by atoms with van der Waals surface area (Å²) in [5.74, 6) is 0.886. The number of nitrogens with zero attached hydrogens (tertiary/aromatic N) is 1. The Hall–Kier alpha value is -1.55. The highest BCUT2D eigenvalue weighted by molar-refractivity contribution is 7.10. The minimum Gasteiger partial charge on any atom is -0.397 e. The van der Waals surface area contributed by atoms with Crippen LogP contribution in [-0.2, 0) is 0 Å². The smallest absolute Gasteiger partial charge is 0.126 e. The van der Waals surface area contributed by atoms with Crippen molar-refractivity contribution >= 4 is 22.8 Å². The molecule has 0 radical (unpaired) electrons. The summed E-state index contributed by atoms with van der Waals surface area (Å²) < 4.78 is 0. The van der Waals surface area contributed by atoms with Crippen molar-refractivity contribution in [2.45, 2.75) is 26.3 Å². The summed E-state index contributed by atoms with van der Waals surface area (Å²) in [6, 6.07) is 6.54. The number of hydrogen-bond acceptors (Lipinski definition) is 4. The molecule has 0 aliphatic heterocycles. The van der Waals surface area contributed by atoms with Crippen molar-refractivity contribution in [2.24, 2.45) is 0 Å². The van der Waals surface area contributed by atoms with Crippen LogP contribution < -0.4 is 11.1 Å². The lowest BCUT2D eigenvalue weighted by Gasteiger charge is -2.16. The van der Waals surface area contributed by atoms with E-state index in [1.54, 1.807) is 17.5 Å². The third-order valence-corrected chi connectivity index (χ3v) is 3.75. The fourth-order valence-corrected chi connectivity index (χ4v) is 2.55. The van der Waals surface area contributed by atoms with E-state index >= 15 is 0 Å². The number of nitrogen functional groups attached to an aromatic ring is 1. The Balaban J connectivity index is 2.16. The molecule has 3 nitrogen and oxygen atoms in total. The molecule has 0 fully saturated rings. The highest BCUT2D eigenvalue weighted by Crippen LogP contribution is 2.26. The first-order valence-corrected chi connectivity index (χ1v) is 6.60. The maximum Gasteiger partial charge on any atom is 0.126 e. The van der Waals surface area contributed by atoms with E-state index in [-0.39, 0.29) is 0 Å². The van der Waals surface area contributed by atoms with Gasteiger partial charge in [0.15, 0.2) is 0 Å². The van der Waals surface area contributed by atoms with E-state index in [0.717, 1.165) is 23.5 Å². The quantitative estimate of drug-likeness (QED) is 0.868. The molecule has 0 spiro atoms. The molecule has 2 rings (SSSR count). The standard InChI is InChI=1S/C13H17N3S/c1-3-11(12-5-4-6-17-12)16-13-7-9(2)10(14)8-15-13/h4-8,11H,3,14H2,1-2H3,(H,15,16). The minimum absolute atomic E-state index is 0.325. The number of rotatable bonds is 4. The van der Waals surface area contributed by atoms with Crippen LogP contribution in [0.5, 0.6) is 0 Å². The van der Waals surface area contributed by atoms with Gasteiger partial charge in [0, 0.05) is 4.88 Å². The molecule has 4 heteroatoms. The molecule has 2 aromatic heterocycles. The second-order valence-electron chi connectivity index (χ2n) is 4.05. The van der Waals surface area contributed by atoms with Gasteiger partial charge in [-0.05, 0) is 36.4 Å². The van der Waals surface area contributed by atoms with Gasteiger partial charge in [0.1, 0.15) is 5.82 Å². The predicted octanol–water partition coefficient (Wildman–Crippen LogP) is 3.60. The summed E-state index contributed by atoms with van der Waals surface area (Å²) >= 11 is 1.77. The average Bonchev–Trinajstić information content (AvgIpc) is 2.84. The number of hydrogen-bond donors (Lipinski definition) is 2. The van der Waals surface area contributed by atoms with Gasteiger partial charge >= 0.3 is 0 Å². The normalized spacial score (nSPS) is 12.4. The summed E-state index contributed by atoms with van der Waals surface area (Å²) in [6.45, 7) is 4.16. The number of aromatic nitrogens is 1. The molecule has 17 heavy (non-hydrogen) atoms. The summed E-state index contributed by atoms with van der Waals surface area (Å²) in [4.78, 5) is 5.64. The van der Waals surface area contributed by atoms with Crippen LogP contribution in [0, 0.1) is 6.92 Å². The zero-order chi connectivity index (χ0) is 12.3. The molecule has 0 saturated heterocycles. The first-order chi connectivity index (χ1) is 8.20. The molecule has 90 valence electrons. The van der Waals surface area contributed by atoms with Crippen LogP contribution in [0.25, 0.3) is 0 Å². The van der Waals surface area contributed by atoms with Gasteiger partial charge in [-0.1, -0.05) is 13.0 Å². The second kappa shape index (κ2) is 5.19. The molecule has 1 unspecified atom stereocenters. The molecule has 0 saturated carbocycles. The summed E-state index contributed by atoms with van der Waals surface area (Å²) in [5, 5.41) is 5.54. The number of pyridine rings is 1. The van der Waals surface area contributed by atoms with Crippen molar-refractivity contribution in [1.29, 1.82) is 0 Å². The Bertz CT molecular complexity index is 479. The van der Waals surface area contributed by atoms with E-state index in [1.165, 1.54) is 4.88 Å². The van der Waals surface area contributed by atoms with Crippen LogP contribution in [0.1, 0.15) is 29.8 Å². The Labute approximate surface area is 106 Å². The molecule has 1 atom stereocenters. The monoisotopic (exact) mass is 247 g/mol. The van der Waals surface area contributed by atoms with Crippen molar-refractivity contribution in [1.82, 2.24) is 4.98 Å². The van der Waals surface area contributed by atoms with E-state index in [9.17, 15) is 0 Å². The van der Waals surface area contributed by atoms with Crippen molar-refractivity contribution in [3.63, 3.8) is 0 Å². The van der Waals surface area contributed by atoms with E-state index in [2.05, 4.69) is 34.7 Å². The number of nitrogens with one attached hydrogen (secondary N) is 1. The second-order valence-corrected chi connectivity index (χ2v) is 5.03. The Morgan fingerprint density at radius 3 is 2.94 bits per heavy atom. The van der Waals surface area contributed by atoms with Crippen LogP contribution >= 0.6 is 11.3 Å². The Morgan fingerprint density at radius 2 is 2.35 bits per heavy atom. The summed E-state index contributed by atoms with van der Waals surface area (Å²) in [7, 11) is 0. The van der Waals surface area contributed by atoms with Crippen molar-refractivity contribution in [3.05, 3.63) is 40.2 Å². The topological polar surface area (TPSA) is 50.9 Å². The molecule has 3 N–H and O–H groups in total. The number of thiophene rings is 1. The third-order valence-electron chi connectivity index (χ3n) is 2.77. The molecule has 2 aromatic rings. The van der Waals surface area contributed by atoms with Crippen molar-refractivity contribution in [3.8, 4) is 0 Å². The van der Waals surface area contributed by atoms with Crippen LogP contribution in [0.15, 0.2) is 29.8 Å². The van der Waals surface area contributed by atoms with Crippen molar-refractivity contribution in [2.75, 3.05) is 11.1 Å². The fourth-order valence-electron chi connectivity index (χ4n) is 1.69. The van der Waals surface area contributed by atoms with Crippen LogP contribution in [0.3, 0.4) is 0 Å². The van der Waals surface area contributed by atoms with Gasteiger partial charge in [0.05, 0.1) is 17.9 Å². The molecule has 0 aliphatic rings. The maximum atomic E-state index is 5.76. The van der Waals surface area contributed by atoms with E-state index in [4.69, 9.17) is 5.73 Å². The first-order valence-electron chi connectivity index (χ1n) is 5.72. The maximum absolute atomic E-state index is 5.76. The van der Waals surface area contributed by atoms with E-state index < -0.39 is 0 Å². The number of anilines is 2. The molecule has 0 bridgehead atoms. The Kier molecular flexibility index (Phi) is 3.64. The van der Waals surface area contributed by atoms with Gasteiger partial charge in [-0.25, -0.2) is 4.98 Å². The lowest BCUT2D eigenvalue weighted by atomic mass is 10.2. The van der Waals surface area contributed by atoms with Gasteiger partial charge in [-0.3, -0.25) is 0 Å². The lowest BCUT2D eigenvalue weighted by molar-refractivity contribution is 0.758. The van der Waals surface area contributed by atoms with Gasteiger partial charge in [-0.2, -0.15) is 0 Å². The number of aryl methyl sites for hydroxylation is 1. The zero-order valence-electron chi connectivity index (χ0n) is 10.1. The first kappa shape index (κ1) is 11.9. The van der Waals surface area contributed by atoms with Gasteiger partial charge < -0.3 is 11.1 Å². The van der Waals surface area contributed by atoms with Crippen molar-refractivity contribution < 1.29 is 0 Å². The minimum atomic E-state index is 0.325. The van der Waals surface area contributed by atoms with Crippen LogP contribution in [-0.4, -0.2) is 4.98 Å². The number of nitrogens with two attached hydrogens (primary N) is 1. The Morgan fingerprint density at radius 1 is 1.53 bits per heavy atom. The third kappa shape index (κ3) is 2.77. The molecule has 0 aliphatic carbocycles. The van der Waals surface area contributed by atoms with Gasteiger partial charge in [-0.15, -0.1) is 11.3 Å². The van der Waals surface area contributed by atoms with Crippen LogP contribution in [0.2, 0.25) is 0 Å². The lowest BCUT2D eigenvalue weighted by Crippen LogP contribution is -2.09. The highest BCUT2D eigenvalue weighted by atomic mass is 32.1. The molecule has 2 heterocycles. The summed E-state index contributed by atoms with van der Waals surface area (Å²) in [6.07, 6.45) is 2.74. The van der Waals surface area contributed by atoms with E-state index in [1.807, 2.05) is 13.0 Å². The highest BCUT2D eigenvalue weighted by Gasteiger charge is 2.10. The fraction of sp³-hybridized carbons (Fsp3) is 0.308. The molecule has 0 aromatic carbocycles. The van der Waals surface area contributed by atoms with E-state index in [0.29, 0.717) is 6.04 Å². The molecule has 0 amide bonds.